The summed E-state index contributed by atoms with van der Waals surface area (Å²) in [6.07, 6.45) is 5.23. The van der Waals surface area contributed by atoms with E-state index in [4.69, 9.17) is 0 Å². The Morgan fingerprint density at radius 1 is 0.892 bits per heavy atom. The molecular weight excluding hydrogens is 454 g/mol. The van der Waals surface area contributed by atoms with Gasteiger partial charge in [0, 0.05) is 32.2 Å². The van der Waals surface area contributed by atoms with E-state index in [0.29, 0.717) is 6.04 Å². The molecule has 1 atom stereocenters. The van der Waals surface area contributed by atoms with Gasteiger partial charge in [-0.15, -0.1) is 0 Å². The van der Waals surface area contributed by atoms with E-state index >= 15 is 0 Å². The molecule has 3 aromatic rings. The third kappa shape index (κ3) is 4.41. The summed E-state index contributed by atoms with van der Waals surface area (Å²) in [4.78, 5) is 19.2. The third-order valence-corrected chi connectivity index (χ3v) is 8.89. The van der Waals surface area contributed by atoms with Crippen LogP contribution in [0.4, 0.5) is 0 Å². The Balaban J connectivity index is 1.12. The van der Waals surface area contributed by atoms with Gasteiger partial charge in [0.25, 0.3) is 0 Å². The SMILES string of the molecule is CCCNC(=O)C1(CCCCN2CCC(N3Cc4ccccc4C3)C2)c2ccccc2-c2ccccc21. The highest BCUT2D eigenvalue weighted by atomic mass is 16.2. The second kappa shape index (κ2) is 10.4. The third-order valence-electron chi connectivity index (χ3n) is 8.89. The molecule has 1 aliphatic carbocycles. The van der Waals surface area contributed by atoms with E-state index in [-0.39, 0.29) is 5.91 Å². The molecule has 3 aliphatic rings. The van der Waals surface area contributed by atoms with Crippen LogP contribution in [0, 0.1) is 0 Å². The lowest BCUT2D eigenvalue weighted by Crippen LogP contribution is -2.44. The van der Waals surface area contributed by atoms with E-state index in [2.05, 4.69) is 94.8 Å². The minimum Gasteiger partial charge on any atom is -0.355 e. The first-order chi connectivity index (χ1) is 18.2. The standard InChI is InChI=1S/C33H39N3O/c1-2-19-34-32(37)33(30-15-7-5-13-28(30)29-14-6-8-16-31(29)33)18-9-10-20-35-21-17-27(24-35)36-22-25-11-3-4-12-26(25)23-36/h3-8,11-16,27H,2,9-10,17-24H2,1H3,(H,34,37). The highest BCUT2D eigenvalue weighted by Crippen LogP contribution is 2.51. The maximum Gasteiger partial charge on any atom is 0.235 e. The van der Waals surface area contributed by atoms with Gasteiger partial charge in [-0.25, -0.2) is 0 Å². The van der Waals surface area contributed by atoms with Crippen molar-refractivity contribution in [3.63, 3.8) is 0 Å². The lowest BCUT2D eigenvalue weighted by atomic mass is 9.73. The van der Waals surface area contributed by atoms with Gasteiger partial charge in [0.15, 0.2) is 0 Å². The summed E-state index contributed by atoms with van der Waals surface area (Å²) >= 11 is 0. The molecule has 0 spiro atoms. The highest BCUT2D eigenvalue weighted by Gasteiger charge is 2.48. The van der Waals surface area contributed by atoms with E-state index in [0.717, 1.165) is 51.9 Å². The monoisotopic (exact) mass is 493 g/mol. The van der Waals surface area contributed by atoms with Crippen molar-refractivity contribution < 1.29 is 4.79 Å². The molecular formula is C33H39N3O. The van der Waals surface area contributed by atoms with Crippen LogP contribution in [0.1, 0.15) is 61.3 Å². The van der Waals surface area contributed by atoms with Crippen LogP contribution >= 0.6 is 0 Å². The summed E-state index contributed by atoms with van der Waals surface area (Å²) in [6, 6.07) is 26.7. The Morgan fingerprint density at radius 2 is 1.51 bits per heavy atom. The number of fused-ring (bicyclic) bond motifs is 4. The van der Waals surface area contributed by atoms with Crippen LogP contribution in [-0.2, 0) is 23.3 Å². The number of benzene rings is 3. The average molecular weight is 494 g/mol. The first kappa shape index (κ1) is 24.4. The van der Waals surface area contributed by atoms with Crippen molar-refractivity contribution in [2.24, 2.45) is 0 Å². The second-order valence-corrected chi connectivity index (χ2v) is 11.1. The Labute approximate surface area is 221 Å². The van der Waals surface area contributed by atoms with Crippen LogP contribution in [0.2, 0.25) is 0 Å². The largest absolute Gasteiger partial charge is 0.355 e. The molecule has 4 nitrogen and oxygen atoms in total. The molecule has 3 aromatic carbocycles. The molecule has 0 aromatic heterocycles. The van der Waals surface area contributed by atoms with Crippen molar-refractivity contribution in [2.75, 3.05) is 26.2 Å². The molecule has 37 heavy (non-hydrogen) atoms. The van der Waals surface area contributed by atoms with Crippen LogP contribution in [0.15, 0.2) is 72.8 Å². The van der Waals surface area contributed by atoms with Gasteiger partial charge in [-0.05, 0) is 72.2 Å². The molecule has 2 aliphatic heterocycles. The number of nitrogens with one attached hydrogen (secondary N) is 1. The smallest absolute Gasteiger partial charge is 0.235 e. The molecule has 4 heteroatoms. The van der Waals surface area contributed by atoms with E-state index in [9.17, 15) is 4.79 Å². The molecule has 0 bridgehead atoms. The molecule has 0 radical (unpaired) electrons. The van der Waals surface area contributed by atoms with Crippen molar-refractivity contribution in [1.29, 1.82) is 0 Å². The Morgan fingerprint density at radius 3 is 2.16 bits per heavy atom. The predicted octanol–water partition coefficient (Wildman–Crippen LogP) is 5.74. The first-order valence-electron chi connectivity index (χ1n) is 14.2. The number of likely N-dealkylation sites (tertiary alicyclic amines) is 1. The number of rotatable bonds is 9. The fourth-order valence-electron chi connectivity index (χ4n) is 7.00. The summed E-state index contributed by atoms with van der Waals surface area (Å²) in [5.41, 5.74) is 7.23. The molecule has 0 saturated carbocycles. The van der Waals surface area contributed by atoms with E-state index in [1.165, 1.54) is 52.9 Å². The van der Waals surface area contributed by atoms with Gasteiger partial charge in [-0.3, -0.25) is 9.69 Å². The van der Waals surface area contributed by atoms with Crippen molar-refractivity contribution in [1.82, 2.24) is 15.1 Å². The summed E-state index contributed by atoms with van der Waals surface area (Å²) < 4.78 is 0. The molecule has 192 valence electrons. The molecule has 6 rings (SSSR count). The summed E-state index contributed by atoms with van der Waals surface area (Å²) in [6.45, 7) is 8.51. The van der Waals surface area contributed by atoms with Crippen LogP contribution in [0.25, 0.3) is 11.1 Å². The van der Waals surface area contributed by atoms with Crippen molar-refractivity contribution >= 4 is 5.91 Å². The highest BCUT2D eigenvalue weighted by molar-refractivity contribution is 6.00. The number of nitrogens with zero attached hydrogens (tertiary/aromatic N) is 2. The zero-order valence-electron chi connectivity index (χ0n) is 22.1. The van der Waals surface area contributed by atoms with E-state index < -0.39 is 5.41 Å². The number of carbonyl (C=O) groups is 1. The number of carbonyl (C=O) groups excluding carboxylic acids is 1. The van der Waals surface area contributed by atoms with Gasteiger partial charge < -0.3 is 10.2 Å². The van der Waals surface area contributed by atoms with Gasteiger partial charge in [-0.2, -0.15) is 0 Å². The van der Waals surface area contributed by atoms with Gasteiger partial charge in [-0.1, -0.05) is 86.1 Å². The van der Waals surface area contributed by atoms with Gasteiger partial charge >= 0.3 is 0 Å². The second-order valence-electron chi connectivity index (χ2n) is 11.1. The van der Waals surface area contributed by atoms with Crippen LogP contribution in [-0.4, -0.2) is 47.9 Å². The molecule has 1 N–H and O–H groups in total. The number of hydrogen-bond donors (Lipinski definition) is 1. The van der Waals surface area contributed by atoms with E-state index in [1.807, 2.05) is 0 Å². The summed E-state index contributed by atoms with van der Waals surface area (Å²) in [7, 11) is 0. The molecule has 1 amide bonds. The molecule has 2 heterocycles. The van der Waals surface area contributed by atoms with Gasteiger partial charge in [0.2, 0.25) is 5.91 Å². The fourth-order valence-corrected chi connectivity index (χ4v) is 7.00. The quantitative estimate of drug-likeness (QED) is 0.386. The van der Waals surface area contributed by atoms with Gasteiger partial charge in [0.05, 0.1) is 0 Å². The van der Waals surface area contributed by atoms with E-state index in [1.54, 1.807) is 0 Å². The van der Waals surface area contributed by atoms with Crippen molar-refractivity contribution in [2.45, 2.75) is 63.6 Å². The summed E-state index contributed by atoms with van der Waals surface area (Å²) in [5, 5.41) is 3.27. The van der Waals surface area contributed by atoms with Crippen LogP contribution in [0.3, 0.4) is 0 Å². The van der Waals surface area contributed by atoms with Crippen LogP contribution in [0.5, 0.6) is 0 Å². The lowest BCUT2D eigenvalue weighted by Gasteiger charge is -2.31. The lowest BCUT2D eigenvalue weighted by molar-refractivity contribution is -0.125. The minimum atomic E-state index is -0.586. The Bertz CT molecular complexity index is 1200. The van der Waals surface area contributed by atoms with Crippen molar-refractivity contribution in [3.8, 4) is 11.1 Å². The topological polar surface area (TPSA) is 35.6 Å². The van der Waals surface area contributed by atoms with Crippen LogP contribution < -0.4 is 5.32 Å². The molecule has 1 unspecified atom stereocenters. The maximum atomic E-state index is 13.9. The Kier molecular flexibility index (Phi) is 6.88. The predicted molar refractivity (Wildman–Crippen MR) is 150 cm³/mol. The van der Waals surface area contributed by atoms with Gasteiger partial charge in [0.1, 0.15) is 5.41 Å². The number of amides is 1. The molecule has 1 saturated heterocycles. The zero-order chi connectivity index (χ0) is 25.2. The maximum absolute atomic E-state index is 13.9. The average Bonchev–Trinajstić information content (AvgIpc) is 3.65. The summed E-state index contributed by atoms with van der Waals surface area (Å²) in [5.74, 6) is 0.168. The number of unbranched alkanes of at least 4 members (excludes halogenated alkanes) is 1. The molecule has 1 fully saturated rings. The zero-order valence-corrected chi connectivity index (χ0v) is 22.1. The first-order valence-corrected chi connectivity index (χ1v) is 14.2. The van der Waals surface area contributed by atoms with Crippen molar-refractivity contribution in [3.05, 3.63) is 95.1 Å². The Hall–Kier alpha value is -2.95. The number of hydrogen-bond acceptors (Lipinski definition) is 3. The normalized spacial score (nSPS) is 20.0. The minimum absolute atomic E-state index is 0.168. The fraction of sp³-hybridized carbons (Fsp3) is 0.424.